The highest BCUT2D eigenvalue weighted by Crippen LogP contribution is 2.37. The number of aliphatic carboxylic acids is 1. The third kappa shape index (κ3) is 2.64. The third-order valence-electron chi connectivity index (χ3n) is 2.42. The van der Waals surface area contributed by atoms with Crippen LogP contribution in [-0.2, 0) is 9.59 Å². The lowest BCUT2D eigenvalue weighted by atomic mass is 9.98. The summed E-state index contributed by atoms with van der Waals surface area (Å²) in [6.45, 7) is 1.90. The zero-order valence-electron chi connectivity index (χ0n) is 7.25. The van der Waals surface area contributed by atoms with E-state index in [1.54, 1.807) is 0 Å². The molecule has 1 saturated carbocycles. The molecule has 3 heteroatoms. The molecule has 1 aliphatic carbocycles. The number of hydrogen-bond acceptors (Lipinski definition) is 2. The molecule has 0 aromatic carbocycles. The molecule has 0 aliphatic heterocycles. The number of ketones is 1. The first-order valence-corrected chi connectivity index (χ1v) is 4.35. The van der Waals surface area contributed by atoms with E-state index < -0.39 is 5.97 Å². The van der Waals surface area contributed by atoms with Crippen molar-refractivity contribution in [1.82, 2.24) is 0 Å². The smallest absolute Gasteiger partial charge is 0.303 e. The molecule has 3 nitrogen and oxygen atoms in total. The molecular formula is C9H14O3. The van der Waals surface area contributed by atoms with Crippen LogP contribution in [0, 0.1) is 11.8 Å². The molecule has 0 radical (unpaired) electrons. The van der Waals surface area contributed by atoms with Crippen LogP contribution < -0.4 is 0 Å². The Kier molecular flexibility index (Phi) is 2.84. The van der Waals surface area contributed by atoms with Crippen molar-refractivity contribution >= 4 is 11.8 Å². The van der Waals surface area contributed by atoms with Crippen LogP contribution >= 0.6 is 0 Å². The molecule has 12 heavy (non-hydrogen) atoms. The van der Waals surface area contributed by atoms with Crippen LogP contribution in [0.1, 0.15) is 32.6 Å². The molecule has 1 aliphatic rings. The SMILES string of the molecule is CC(C(=O)CCC(=O)O)C1CC1. The second-order valence-corrected chi connectivity index (χ2v) is 3.49. The van der Waals surface area contributed by atoms with Gasteiger partial charge in [0.05, 0.1) is 6.42 Å². The van der Waals surface area contributed by atoms with Crippen LogP contribution in [0.15, 0.2) is 0 Å². The molecule has 1 N–H and O–H groups in total. The summed E-state index contributed by atoms with van der Waals surface area (Å²) in [6, 6.07) is 0. The monoisotopic (exact) mass is 170 g/mol. The van der Waals surface area contributed by atoms with E-state index in [4.69, 9.17) is 5.11 Å². The van der Waals surface area contributed by atoms with Gasteiger partial charge >= 0.3 is 5.97 Å². The van der Waals surface area contributed by atoms with Crippen LogP contribution in [0.4, 0.5) is 0 Å². The molecule has 0 heterocycles. The lowest BCUT2D eigenvalue weighted by Gasteiger charge is -2.06. The molecule has 0 bridgehead atoms. The van der Waals surface area contributed by atoms with Crippen LogP contribution in [-0.4, -0.2) is 16.9 Å². The van der Waals surface area contributed by atoms with E-state index in [1.165, 1.54) is 0 Å². The number of carbonyl (C=O) groups excluding carboxylic acids is 1. The number of carbonyl (C=O) groups is 2. The molecule has 68 valence electrons. The predicted molar refractivity (Wildman–Crippen MR) is 43.8 cm³/mol. The van der Waals surface area contributed by atoms with E-state index in [0.717, 1.165) is 12.8 Å². The fraction of sp³-hybridized carbons (Fsp3) is 0.778. The Morgan fingerprint density at radius 2 is 2.00 bits per heavy atom. The van der Waals surface area contributed by atoms with E-state index >= 15 is 0 Å². The van der Waals surface area contributed by atoms with E-state index in [2.05, 4.69) is 0 Å². The second-order valence-electron chi connectivity index (χ2n) is 3.49. The summed E-state index contributed by atoms with van der Waals surface area (Å²) in [5.74, 6) is -0.137. The molecule has 1 atom stereocenters. The first kappa shape index (κ1) is 9.23. The van der Waals surface area contributed by atoms with Gasteiger partial charge in [-0.1, -0.05) is 6.92 Å². The average molecular weight is 170 g/mol. The highest BCUT2D eigenvalue weighted by Gasteiger charge is 2.32. The van der Waals surface area contributed by atoms with Crippen molar-refractivity contribution in [3.05, 3.63) is 0 Å². The Labute approximate surface area is 71.8 Å². The van der Waals surface area contributed by atoms with Gasteiger partial charge in [-0.15, -0.1) is 0 Å². The highest BCUT2D eigenvalue weighted by molar-refractivity contribution is 5.84. The number of rotatable bonds is 5. The van der Waals surface area contributed by atoms with Crippen molar-refractivity contribution in [3.63, 3.8) is 0 Å². The van der Waals surface area contributed by atoms with Gasteiger partial charge in [0, 0.05) is 12.3 Å². The molecule has 1 fully saturated rings. The van der Waals surface area contributed by atoms with Gasteiger partial charge in [-0.3, -0.25) is 9.59 Å². The molecule has 0 aromatic heterocycles. The minimum atomic E-state index is -0.883. The third-order valence-corrected chi connectivity index (χ3v) is 2.42. The second kappa shape index (κ2) is 3.70. The molecular weight excluding hydrogens is 156 g/mol. The Balaban J connectivity index is 2.22. The molecule has 1 rings (SSSR count). The van der Waals surface area contributed by atoms with Crippen LogP contribution in [0.25, 0.3) is 0 Å². The van der Waals surface area contributed by atoms with Crippen molar-refractivity contribution in [2.24, 2.45) is 11.8 Å². The maximum Gasteiger partial charge on any atom is 0.303 e. The summed E-state index contributed by atoms with van der Waals surface area (Å²) in [5.41, 5.74) is 0. The fourth-order valence-corrected chi connectivity index (χ4v) is 1.32. The minimum absolute atomic E-state index is 0.0180. The summed E-state index contributed by atoms with van der Waals surface area (Å²) in [5, 5.41) is 8.35. The van der Waals surface area contributed by atoms with E-state index in [1.807, 2.05) is 6.92 Å². The predicted octanol–water partition coefficient (Wildman–Crippen LogP) is 1.47. The van der Waals surface area contributed by atoms with Gasteiger partial charge in [-0.2, -0.15) is 0 Å². The first-order valence-electron chi connectivity index (χ1n) is 4.35. The van der Waals surface area contributed by atoms with Gasteiger partial charge in [0.2, 0.25) is 0 Å². The van der Waals surface area contributed by atoms with Crippen molar-refractivity contribution in [3.8, 4) is 0 Å². The quantitative estimate of drug-likeness (QED) is 0.679. The van der Waals surface area contributed by atoms with E-state index in [-0.39, 0.29) is 24.5 Å². The Hall–Kier alpha value is -0.860. The first-order chi connectivity index (χ1) is 5.61. The van der Waals surface area contributed by atoms with Crippen LogP contribution in [0.2, 0.25) is 0 Å². The van der Waals surface area contributed by atoms with Gasteiger partial charge in [0.25, 0.3) is 0 Å². The maximum atomic E-state index is 11.3. The number of hydrogen-bond donors (Lipinski definition) is 1. The lowest BCUT2D eigenvalue weighted by molar-refractivity contribution is -0.139. The Bertz CT molecular complexity index is 194. The van der Waals surface area contributed by atoms with Gasteiger partial charge in [-0.25, -0.2) is 0 Å². The van der Waals surface area contributed by atoms with Crippen molar-refractivity contribution < 1.29 is 14.7 Å². The van der Waals surface area contributed by atoms with Gasteiger partial charge in [-0.05, 0) is 18.8 Å². The largest absolute Gasteiger partial charge is 0.481 e. The summed E-state index contributed by atoms with van der Waals surface area (Å²) in [6.07, 6.45) is 2.46. The maximum absolute atomic E-state index is 11.3. The molecule has 0 aromatic rings. The van der Waals surface area contributed by atoms with Gasteiger partial charge < -0.3 is 5.11 Å². The van der Waals surface area contributed by atoms with Crippen LogP contribution in [0.3, 0.4) is 0 Å². The lowest BCUT2D eigenvalue weighted by Crippen LogP contribution is -2.14. The van der Waals surface area contributed by atoms with Crippen LogP contribution in [0.5, 0.6) is 0 Å². The average Bonchev–Trinajstić information content (AvgIpc) is 2.80. The van der Waals surface area contributed by atoms with Crippen molar-refractivity contribution in [1.29, 1.82) is 0 Å². The summed E-state index contributed by atoms with van der Waals surface area (Å²) < 4.78 is 0. The Morgan fingerprint density at radius 3 is 2.42 bits per heavy atom. The zero-order valence-corrected chi connectivity index (χ0v) is 7.25. The molecule has 0 saturated heterocycles. The number of Topliss-reactive ketones (excluding diaryl/α,β-unsaturated/α-hetero) is 1. The summed E-state index contributed by atoms with van der Waals surface area (Å²) in [7, 11) is 0. The fourth-order valence-electron chi connectivity index (χ4n) is 1.32. The summed E-state index contributed by atoms with van der Waals surface area (Å²) >= 11 is 0. The molecule has 0 amide bonds. The van der Waals surface area contributed by atoms with Gasteiger partial charge in [0.1, 0.15) is 5.78 Å². The molecule has 0 spiro atoms. The van der Waals surface area contributed by atoms with E-state index in [9.17, 15) is 9.59 Å². The molecule has 1 unspecified atom stereocenters. The highest BCUT2D eigenvalue weighted by atomic mass is 16.4. The topological polar surface area (TPSA) is 54.4 Å². The Morgan fingerprint density at radius 1 is 1.42 bits per heavy atom. The van der Waals surface area contributed by atoms with Crippen molar-refractivity contribution in [2.75, 3.05) is 0 Å². The number of carboxylic acids is 1. The van der Waals surface area contributed by atoms with Gasteiger partial charge in [0.15, 0.2) is 0 Å². The minimum Gasteiger partial charge on any atom is -0.481 e. The standard InChI is InChI=1S/C9H14O3/c1-6(7-2-3-7)8(10)4-5-9(11)12/h6-7H,2-5H2,1H3,(H,11,12). The van der Waals surface area contributed by atoms with Crippen molar-refractivity contribution in [2.45, 2.75) is 32.6 Å². The van der Waals surface area contributed by atoms with E-state index in [0.29, 0.717) is 5.92 Å². The summed E-state index contributed by atoms with van der Waals surface area (Å²) in [4.78, 5) is 21.4. The number of carboxylic acid groups (broad SMARTS) is 1. The normalized spacial score (nSPS) is 18.8. The zero-order chi connectivity index (χ0) is 9.14.